The number of aryl methyl sites for hydroxylation is 2. The number of nitrogens with zero attached hydrogens (tertiary/aromatic N) is 4. The molecule has 28 heavy (non-hydrogen) atoms. The van der Waals surface area contributed by atoms with Gasteiger partial charge in [0, 0.05) is 12.3 Å². The van der Waals surface area contributed by atoms with Crippen LogP contribution in [0.3, 0.4) is 0 Å². The number of aromatic nitrogens is 4. The molecule has 3 rings (SSSR count). The van der Waals surface area contributed by atoms with Gasteiger partial charge in [0.1, 0.15) is 5.69 Å². The van der Waals surface area contributed by atoms with Gasteiger partial charge in [0.15, 0.2) is 5.69 Å². The molecule has 0 radical (unpaired) electrons. The van der Waals surface area contributed by atoms with Crippen molar-refractivity contribution in [2.45, 2.75) is 26.9 Å². The Bertz CT molecular complexity index is 1010. The highest BCUT2D eigenvalue weighted by Gasteiger charge is 2.30. The molecule has 0 aliphatic heterocycles. The fourth-order valence-corrected chi connectivity index (χ4v) is 2.69. The van der Waals surface area contributed by atoms with Gasteiger partial charge in [-0.05, 0) is 45.0 Å². The van der Waals surface area contributed by atoms with Crippen molar-refractivity contribution in [2.24, 2.45) is 0 Å². The molecule has 0 aliphatic rings. The molecule has 0 fully saturated rings. The summed E-state index contributed by atoms with van der Waals surface area (Å²) in [5, 5.41) is 4.22. The first-order chi connectivity index (χ1) is 13.2. The van der Waals surface area contributed by atoms with Crippen molar-refractivity contribution in [1.82, 2.24) is 19.7 Å². The zero-order chi connectivity index (χ0) is 20.5. The molecule has 0 unspecified atom stereocenters. The zero-order valence-corrected chi connectivity index (χ0v) is 15.4. The summed E-state index contributed by atoms with van der Waals surface area (Å²) in [6.45, 7) is 5.39. The minimum absolute atomic E-state index is 0.0264. The van der Waals surface area contributed by atoms with Gasteiger partial charge in [0.05, 0.1) is 34.9 Å². The predicted molar refractivity (Wildman–Crippen MR) is 95.0 cm³/mol. The molecule has 0 spiro atoms. The summed E-state index contributed by atoms with van der Waals surface area (Å²) in [6.07, 6.45) is -2.88. The number of halogens is 3. The van der Waals surface area contributed by atoms with Crippen LogP contribution in [-0.4, -0.2) is 32.3 Å². The molecule has 0 saturated carbocycles. The average Bonchev–Trinajstić information content (AvgIpc) is 3.06. The first-order valence-electron chi connectivity index (χ1n) is 8.46. The van der Waals surface area contributed by atoms with Crippen LogP contribution >= 0.6 is 0 Å². The van der Waals surface area contributed by atoms with Crippen LogP contribution in [0, 0.1) is 13.8 Å². The largest absolute Gasteiger partial charge is 0.461 e. The molecule has 6 nitrogen and oxygen atoms in total. The Morgan fingerprint density at radius 3 is 2.43 bits per heavy atom. The van der Waals surface area contributed by atoms with Crippen molar-refractivity contribution in [3.05, 3.63) is 59.2 Å². The fraction of sp³-hybridized carbons (Fsp3) is 0.263. The minimum Gasteiger partial charge on any atom is -0.461 e. The third-order valence-corrected chi connectivity index (χ3v) is 3.94. The van der Waals surface area contributed by atoms with E-state index in [1.165, 1.54) is 22.9 Å². The molecule has 2 heterocycles. The summed E-state index contributed by atoms with van der Waals surface area (Å²) in [5.74, 6) is -0.632. The topological polar surface area (TPSA) is 69.9 Å². The maximum absolute atomic E-state index is 12.8. The van der Waals surface area contributed by atoms with E-state index in [0.717, 1.165) is 12.1 Å². The summed E-state index contributed by atoms with van der Waals surface area (Å²) in [5.41, 5.74) is 1.80. The molecule has 9 heteroatoms. The van der Waals surface area contributed by atoms with E-state index in [-0.39, 0.29) is 12.3 Å². The van der Waals surface area contributed by atoms with E-state index in [0.29, 0.717) is 28.5 Å². The maximum atomic E-state index is 12.8. The van der Waals surface area contributed by atoms with Crippen LogP contribution in [0.4, 0.5) is 13.2 Å². The van der Waals surface area contributed by atoms with E-state index in [4.69, 9.17) is 4.74 Å². The molecule has 0 atom stereocenters. The van der Waals surface area contributed by atoms with Crippen LogP contribution in [0.15, 0.2) is 36.5 Å². The second-order valence-corrected chi connectivity index (χ2v) is 6.04. The maximum Gasteiger partial charge on any atom is 0.416 e. The molecule has 1 aromatic carbocycles. The van der Waals surface area contributed by atoms with Gasteiger partial charge in [-0.3, -0.25) is 9.97 Å². The van der Waals surface area contributed by atoms with Crippen LogP contribution in [0.25, 0.3) is 17.1 Å². The van der Waals surface area contributed by atoms with E-state index in [1.807, 2.05) is 0 Å². The van der Waals surface area contributed by atoms with Crippen LogP contribution in [-0.2, 0) is 10.9 Å². The van der Waals surface area contributed by atoms with Crippen LogP contribution < -0.4 is 0 Å². The molecule has 0 N–H and O–H groups in total. The van der Waals surface area contributed by atoms with Crippen molar-refractivity contribution in [1.29, 1.82) is 0 Å². The number of ether oxygens (including phenoxy) is 1. The zero-order valence-electron chi connectivity index (χ0n) is 15.4. The van der Waals surface area contributed by atoms with E-state index in [1.54, 1.807) is 27.0 Å². The third-order valence-electron chi connectivity index (χ3n) is 3.94. The van der Waals surface area contributed by atoms with Gasteiger partial charge >= 0.3 is 12.1 Å². The van der Waals surface area contributed by atoms with Crippen molar-refractivity contribution in [3.8, 4) is 17.1 Å². The number of esters is 1. The highest BCUT2D eigenvalue weighted by Crippen LogP contribution is 2.31. The number of carbonyl (C=O) groups excluding carboxylic acids is 1. The van der Waals surface area contributed by atoms with E-state index in [2.05, 4.69) is 15.1 Å². The number of rotatable bonds is 4. The van der Waals surface area contributed by atoms with Gasteiger partial charge < -0.3 is 4.74 Å². The highest BCUT2D eigenvalue weighted by atomic mass is 19.4. The second-order valence-electron chi connectivity index (χ2n) is 6.04. The van der Waals surface area contributed by atoms with Gasteiger partial charge in [0.25, 0.3) is 0 Å². The molecule has 0 saturated heterocycles. The Kier molecular flexibility index (Phi) is 5.17. The monoisotopic (exact) mass is 390 g/mol. The second kappa shape index (κ2) is 7.41. The Balaban J connectivity index is 2.14. The van der Waals surface area contributed by atoms with Crippen molar-refractivity contribution in [3.63, 3.8) is 0 Å². The summed E-state index contributed by atoms with van der Waals surface area (Å²) >= 11 is 0. The van der Waals surface area contributed by atoms with Gasteiger partial charge in [-0.15, -0.1) is 0 Å². The van der Waals surface area contributed by atoms with Gasteiger partial charge in [-0.2, -0.15) is 18.3 Å². The van der Waals surface area contributed by atoms with E-state index in [9.17, 15) is 18.0 Å². The first kappa shape index (κ1) is 19.5. The van der Waals surface area contributed by atoms with E-state index < -0.39 is 17.7 Å². The summed E-state index contributed by atoms with van der Waals surface area (Å²) < 4.78 is 44.9. The lowest BCUT2D eigenvalue weighted by Crippen LogP contribution is -2.08. The number of carbonyl (C=O) groups is 1. The predicted octanol–water partition coefficient (Wildman–Crippen LogP) is 4.14. The summed E-state index contributed by atoms with van der Waals surface area (Å²) in [6, 6.07) is 5.97. The van der Waals surface area contributed by atoms with Gasteiger partial charge in [0.2, 0.25) is 0 Å². The Morgan fingerprint density at radius 1 is 1.18 bits per heavy atom. The van der Waals surface area contributed by atoms with Crippen LogP contribution in [0.2, 0.25) is 0 Å². The molecule has 3 aromatic rings. The lowest BCUT2D eigenvalue weighted by atomic mass is 10.2. The molecule has 0 amide bonds. The standard InChI is InChI=1S/C19H17F3N4O2/c1-4-28-18(27)15-9-16(17-12(3)24-11(2)10-23-17)26(25-15)14-7-5-13(6-8-14)19(20,21)22/h5-10H,4H2,1-3H3. The van der Waals surface area contributed by atoms with Crippen molar-refractivity contribution < 1.29 is 22.7 Å². The quantitative estimate of drug-likeness (QED) is 0.626. The van der Waals surface area contributed by atoms with E-state index >= 15 is 0 Å². The van der Waals surface area contributed by atoms with Crippen LogP contribution in [0.5, 0.6) is 0 Å². The number of alkyl halides is 3. The molecule has 0 aliphatic carbocycles. The number of hydrogen-bond acceptors (Lipinski definition) is 5. The summed E-state index contributed by atoms with van der Waals surface area (Å²) in [7, 11) is 0. The molecular formula is C19H17F3N4O2. The normalized spacial score (nSPS) is 11.5. The van der Waals surface area contributed by atoms with Crippen LogP contribution in [0.1, 0.15) is 34.4 Å². The molecule has 2 aromatic heterocycles. The molecule has 0 bridgehead atoms. The molecular weight excluding hydrogens is 373 g/mol. The van der Waals surface area contributed by atoms with Gasteiger partial charge in [-0.25, -0.2) is 9.48 Å². The lowest BCUT2D eigenvalue weighted by Gasteiger charge is -2.11. The average molecular weight is 390 g/mol. The van der Waals surface area contributed by atoms with Crippen molar-refractivity contribution >= 4 is 5.97 Å². The smallest absolute Gasteiger partial charge is 0.416 e. The van der Waals surface area contributed by atoms with Crippen molar-refractivity contribution in [2.75, 3.05) is 6.61 Å². The third kappa shape index (κ3) is 3.88. The molecule has 146 valence electrons. The Morgan fingerprint density at radius 2 is 1.86 bits per heavy atom. The minimum atomic E-state index is -4.44. The lowest BCUT2D eigenvalue weighted by molar-refractivity contribution is -0.137. The SMILES string of the molecule is CCOC(=O)c1cc(-c2ncc(C)nc2C)n(-c2ccc(C(F)(F)F)cc2)n1. The Hall–Kier alpha value is -3.23. The van der Waals surface area contributed by atoms with Gasteiger partial charge in [-0.1, -0.05) is 0 Å². The highest BCUT2D eigenvalue weighted by molar-refractivity contribution is 5.89. The summed E-state index contributed by atoms with van der Waals surface area (Å²) in [4.78, 5) is 20.8. The first-order valence-corrected chi connectivity index (χ1v) is 8.46. The Labute approximate surface area is 159 Å². The number of hydrogen-bond donors (Lipinski definition) is 0. The number of benzene rings is 1. The fourth-order valence-electron chi connectivity index (χ4n) is 2.69.